The number of carbonyl (C=O) groups is 1. The second-order valence-corrected chi connectivity index (χ2v) is 6.69. The minimum atomic E-state index is -0.652. The van der Waals surface area contributed by atoms with Crippen molar-refractivity contribution in [3.63, 3.8) is 0 Å². The number of halogens is 2. The van der Waals surface area contributed by atoms with Crippen LogP contribution in [-0.2, 0) is 0 Å². The van der Waals surface area contributed by atoms with Gasteiger partial charge in [-0.05, 0) is 51.8 Å². The van der Waals surface area contributed by atoms with Gasteiger partial charge in [-0.1, -0.05) is 28.1 Å². The maximum atomic E-state index is 12.3. The van der Waals surface area contributed by atoms with Crippen LogP contribution in [0.5, 0.6) is 17.2 Å². The molecule has 7 heteroatoms. The molecule has 2 aromatic carbocycles. The Labute approximate surface area is 153 Å². The van der Waals surface area contributed by atoms with Gasteiger partial charge in [-0.2, -0.15) is 0 Å². The molecule has 0 unspecified atom stereocenters. The Bertz CT molecular complexity index is 921. The second kappa shape index (κ2) is 6.78. The van der Waals surface area contributed by atoms with Crippen LogP contribution in [0.2, 0.25) is 0 Å². The third-order valence-electron chi connectivity index (χ3n) is 3.32. The Kier molecular flexibility index (Phi) is 4.73. The number of benzene rings is 1. The van der Waals surface area contributed by atoms with Crippen LogP contribution in [0, 0.1) is 0 Å². The van der Waals surface area contributed by atoms with Crippen molar-refractivity contribution >= 4 is 43.7 Å². The molecule has 1 aliphatic heterocycles. The molecule has 0 atom stereocenters. The summed E-state index contributed by atoms with van der Waals surface area (Å²) in [6.45, 7) is 0.172. The minimum absolute atomic E-state index is 0.0884. The summed E-state index contributed by atoms with van der Waals surface area (Å²) in [5.41, 5.74) is -0.00918. The Morgan fingerprint density at radius 3 is 2.67 bits per heavy atom. The molecule has 0 saturated carbocycles. The normalized spacial score (nSPS) is 12.6. The van der Waals surface area contributed by atoms with Gasteiger partial charge >= 0.3 is 0 Å². The lowest BCUT2D eigenvalue weighted by atomic mass is 10.1. The number of hydrogen-bond acceptors (Lipinski definition) is 5. The van der Waals surface area contributed by atoms with Crippen LogP contribution in [0.25, 0.3) is 6.08 Å². The average Bonchev–Trinajstić information content (AvgIpc) is 3.00. The first-order valence-corrected chi connectivity index (χ1v) is 8.38. The van der Waals surface area contributed by atoms with Crippen LogP contribution in [0.15, 0.2) is 50.1 Å². The summed E-state index contributed by atoms with van der Waals surface area (Å²) < 4.78 is 11.1. The van der Waals surface area contributed by atoms with E-state index in [-0.39, 0.29) is 16.8 Å². The number of aromatic hydroxyl groups is 1. The van der Waals surface area contributed by atoms with Gasteiger partial charge < -0.3 is 14.6 Å². The molecule has 5 nitrogen and oxygen atoms in total. The van der Waals surface area contributed by atoms with Crippen LogP contribution >= 0.6 is 31.9 Å². The predicted molar refractivity (Wildman–Crippen MR) is 95.7 cm³/mol. The van der Waals surface area contributed by atoms with Crippen molar-refractivity contribution < 1.29 is 19.4 Å². The lowest BCUT2D eigenvalue weighted by Crippen LogP contribution is -2.03. The smallest absolute Gasteiger partial charge is 0.235 e. The molecule has 3 rings (SSSR count). The van der Waals surface area contributed by atoms with Crippen molar-refractivity contribution in [2.75, 3.05) is 6.79 Å². The zero-order valence-electron chi connectivity index (χ0n) is 12.1. The summed E-state index contributed by atoms with van der Waals surface area (Å²) in [7, 11) is 0. The molecular formula is C17H10Br2O5. The van der Waals surface area contributed by atoms with Gasteiger partial charge in [-0.3, -0.25) is 9.59 Å². The fourth-order valence-corrected chi connectivity index (χ4v) is 3.34. The summed E-state index contributed by atoms with van der Waals surface area (Å²) in [4.78, 5) is 24.3. The van der Waals surface area contributed by atoms with E-state index in [4.69, 9.17) is 9.47 Å². The maximum Gasteiger partial charge on any atom is 0.235 e. The number of rotatable bonds is 3. The van der Waals surface area contributed by atoms with Crippen molar-refractivity contribution in [3.8, 4) is 17.2 Å². The summed E-state index contributed by atoms with van der Waals surface area (Å²) in [5, 5.41) is 10.0. The van der Waals surface area contributed by atoms with Crippen LogP contribution in [-0.4, -0.2) is 17.7 Å². The molecule has 0 bridgehead atoms. The van der Waals surface area contributed by atoms with E-state index in [1.54, 1.807) is 24.3 Å². The van der Waals surface area contributed by atoms with Crippen LogP contribution in [0.3, 0.4) is 0 Å². The quantitative estimate of drug-likeness (QED) is 0.563. The largest absolute Gasteiger partial charge is 0.504 e. The molecule has 0 saturated heterocycles. The molecule has 0 fully saturated rings. The molecule has 0 amide bonds. The van der Waals surface area contributed by atoms with E-state index in [9.17, 15) is 14.7 Å². The predicted octanol–water partition coefficient (Wildman–Crippen LogP) is 3.90. The molecule has 0 aromatic heterocycles. The Morgan fingerprint density at radius 2 is 1.88 bits per heavy atom. The van der Waals surface area contributed by atoms with Gasteiger partial charge in [0.05, 0.1) is 10.0 Å². The molecule has 1 aliphatic rings. The number of ether oxygens (including phenoxy) is 2. The topological polar surface area (TPSA) is 72.8 Å². The molecule has 1 heterocycles. The van der Waals surface area contributed by atoms with Crippen molar-refractivity contribution in [2.45, 2.75) is 0 Å². The highest BCUT2D eigenvalue weighted by Gasteiger charge is 2.15. The maximum absolute atomic E-state index is 12.3. The van der Waals surface area contributed by atoms with E-state index in [0.29, 0.717) is 16.0 Å². The lowest BCUT2D eigenvalue weighted by Gasteiger charge is -1.98. The van der Waals surface area contributed by atoms with E-state index >= 15 is 0 Å². The van der Waals surface area contributed by atoms with E-state index in [2.05, 4.69) is 31.9 Å². The highest BCUT2D eigenvalue weighted by molar-refractivity contribution is 9.11. The van der Waals surface area contributed by atoms with Crippen LogP contribution in [0.1, 0.15) is 15.9 Å². The van der Waals surface area contributed by atoms with Crippen molar-refractivity contribution in [1.82, 2.24) is 0 Å². The van der Waals surface area contributed by atoms with Crippen molar-refractivity contribution in [1.29, 1.82) is 0 Å². The molecule has 0 aliphatic carbocycles. The highest BCUT2D eigenvalue weighted by atomic mass is 79.9. The van der Waals surface area contributed by atoms with Crippen LogP contribution in [0.4, 0.5) is 0 Å². The lowest BCUT2D eigenvalue weighted by molar-refractivity contribution is 0.104. The summed E-state index contributed by atoms with van der Waals surface area (Å²) in [6, 6.07) is 8.13. The number of fused-ring (bicyclic) bond motifs is 1. The van der Waals surface area contributed by atoms with Crippen molar-refractivity contribution in [3.05, 3.63) is 66.7 Å². The number of allylic oxidation sites excluding steroid dienone is 1. The molecule has 0 spiro atoms. The van der Waals surface area contributed by atoms with Crippen molar-refractivity contribution in [2.24, 2.45) is 0 Å². The Balaban J connectivity index is 1.93. The first-order chi connectivity index (χ1) is 11.5. The van der Waals surface area contributed by atoms with Gasteiger partial charge in [0.1, 0.15) is 0 Å². The molecule has 24 heavy (non-hydrogen) atoms. The van der Waals surface area contributed by atoms with E-state index in [0.717, 1.165) is 5.56 Å². The third-order valence-corrected chi connectivity index (χ3v) is 4.37. The minimum Gasteiger partial charge on any atom is -0.504 e. The van der Waals surface area contributed by atoms with Crippen LogP contribution < -0.4 is 14.9 Å². The summed E-state index contributed by atoms with van der Waals surface area (Å²) in [6.07, 6.45) is 2.86. The third kappa shape index (κ3) is 3.37. The number of hydrogen-bond donors (Lipinski definition) is 1. The van der Waals surface area contributed by atoms with E-state index in [1.807, 2.05) is 0 Å². The van der Waals surface area contributed by atoms with Gasteiger partial charge in [-0.25, -0.2) is 0 Å². The van der Waals surface area contributed by atoms with E-state index in [1.165, 1.54) is 18.2 Å². The molecule has 2 aromatic rings. The second-order valence-electron chi connectivity index (χ2n) is 4.92. The molecular weight excluding hydrogens is 444 g/mol. The standard InChI is InChI=1S/C17H10Br2O5/c18-10-6-11(16(21)17(22)12(19)7-10)13(20)3-1-9-2-4-14-15(5-9)24-8-23-14/h1-7H,8H2,(H,21,22)/b3-1+. The molecule has 0 radical (unpaired) electrons. The summed E-state index contributed by atoms with van der Waals surface area (Å²) in [5.74, 6) is 0.155. The van der Waals surface area contributed by atoms with Gasteiger partial charge in [-0.15, -0.1) is 0 Å². The van der Waals surface area contributed by atoms with Gasteiger partial charge in [0, 0.05) is 4.47 Å². The Morgan fingerprint density at radius 1 is 1.12 bits per heavy atom. The first kappa shape index (κ1) is 16.7. The van der Waals surface area contributed by atoms with E-state index < -0.39 is 17.0 Å². The zero-order chi connectivity index (χ0) is 17.3. The fourth-order valence-electron chi connectivity index (χ4n) is 2.14. The Hall–Kier alpha value is -2.12. The number of ketones is 1. The number of carbonyl (C=O) groups excluding carboxylic acids is 1. The highest BCUT2D eigenvalue weighted by Crippen LogP contribution is 2.32. The van der Waals surface area contributed by atoms with Gasteiger partial charge in [0.15, 0.2) is 23.0 Å². The van der Waals surface area contributed by atoms with Gasteiger partial charge in [0.25, 0.3) is 0 Å². The van der Waals surface area contributed by atoms with Gasteiger partial charge in [0.2, 0.25) is 12.2 Å². The zero-order valence-corrected chi connectivity index (χ0v) is 15.3. The molecule has 1 N–H and O–H groups in total. The molecule has 122 valence electrons. The SMILES string of the molecule is O=C(/C=C/c1ccc2c(c1)OCO2)c1cc(Br)cc(Br)c(=O)c1O. The first-order valence-electron chi connectivity index (χ1n) is 6.80. The summed E-state index contributed by atoms with van der Waals surface area (Å²) >= 11 is 6.28. The monoisotopic (exact) mass is 452 g/mol. The average molecular weight is 454 g/mol. The fraction of sp³-hybridized carbons (Fsp3) is 0.0588.